The summed E-state index contributed by atoms with van der Waals surface area (Å²) < 4.78 is 1.96. The molecule has 0 amide bonds. The number of likely N-dealkylation sites (tertiary alicyclic amines) is 1. The second kappa shape index (κ2) is 5.19. The number of piperidine rings is 1. The molecule has 0 spiro atoms. The van der Waals surface area contributed by atoms with Crippen LogP contribution in [-0.4, -0.2) is 39.0 Å². The number of aromatic nitrogens is 2. The van der Waals surface area contributed by atoms with Crippen LogP contribution in [0.1, 0.15) is 31.7 Å². The predicted molar refractivity (Wildman–Crippen MR) is 67.7 cm³/mol. The fraction of sp³-hybridized carbons (Fsp3) is 0.769. The summed E-state index contributed by atoms with van der Waals surface area (Å²) in [5, 5.41) is 14.3. The molecular weight excluding hydrogens is 214 g/mol. The average Bonchev–Trinajstić information content (AvgIpc) is 2.65. The molecule has 0 aromatic carbocycles. The Bertz CT molecular complexity index is 375. The minimum absolute atomic E-state index is 0.178. The zero-order valence-corrected chi connectivity index (χ0v) is 11.1. The van der Waals surface area contributed by atoms with Crippen LogP contribution in [0.2, 0.25) is 0 Å². The minimum atomic E-state index is -0.178. The van der Waals surface area contributed by atoms with Crippen molar-refractivity contribution in [3.05, 3.63) is 17.5 Å². The van der Waals surface area contributed by atoms with Crippen LogP contribution in [0.4, 0.5) is 0 Å². The Morgan fingerprint density at radius 3 is 2.88 bits per heavy atom. The molecule has 1 aliphatic heterocycles. The molecular formula is C13H23N3O. The lowest BCUT2D eigenvalue weighted by Crippen LogP contribution is -2.42. The van der Waals surface area contributed by atoms with Crippen LogP contribution in [0.5, 0.6) is 0 Å². The standard InChI is InChI=1S/C13H23N3O/c1-4-11-7-12(15(3)14-11)8-16-6-5-10(2)13(17)9-16/h7,10,13,17H,4-6,8-9H2,1-3H3. The monoisotopic (exact) mass is 237 g/mol. The molecule has 4 nitrogen and oxygen atoms in total. The van der Waals surface area contributed by atoms with E-state index in [9.17, 15) is 5.11 Å². The Kier molecular flexibility index (Phi) is 3.84. The molecule has 1 aliphatic rings. The third kappa shape index (κ3) is 2.87. The van der Waals surface area contributed by atoms with Gasteiger partial charge in [0, 0.05) is 20.1 Å². The fourth-order valence-corrected chi connectivity index (χ4v) is 2.38. The van der Waals surface area contributed by atoms with Crippen molar-refractivity contribution >= 4 is 0 Å². The Balaban J connectivity index is 1.98. The highest BCUT2D eigenvalue weighted by molar-refractivity contribution is 5.10. The number of hydrogen-bond acceptors (Lipinski definition) is 3. The summed E-state index contributed by atoms with van der Waals surface area (Å²) in [4.78, 5) is 2.32. The number of rotatable bonds is 3. The molecule has 4 heteroatoms. The number of aliphatic hydroxyl groups excluding tert-OH is 1. The van der Waals surface area contributed by atoms with Crippen LogP contribution >= 0.6 is 0 Å². The maximum absolute atomic E-state index is 9.88. The minimum Gasteiger partial charge on any atom is -0.392 e. The first-order chi connectivity index (χ1) is 8.10. The van der Waals surface area contributed by atoms with Crippen LogP contribution in [0.25, 0.3) is 0 Å². The van der Waals surface area contributed by atoms with Gasteiger partial charge in [0.05, 0.1) is 17.5 Å². The van der Waals surface area contributed by atoms with Crippen LogP contribution < -0.4 is 0 Å². The molecule has 2 unspecified atom stereocenters. The van der Waals surface area contributed by atoms with Gasteiger partial charge in [-0.15, -0.1) is 0 Å². The lowest BCUT2D eigenvalue weighted by Gasteiger charge is -2.34. The number of β-amino-alcohol motifs (C(OH)–C–C–N with tert-alkyl or cyclic N) is 1. The zero-order chi connectivity index (χ0) is 12.4. The lowest BCUT2D eigenvalue weighted by molar-refractivity contribution is 0.0250. The number of aliphatic hydroxyl groups is 1. The summed E-state index contributed by atoms with van der Waals surface area (Å²) in [7, 11) is 2.00. The molecule has 17 heavy (non-hydrogen) atoms. The van der Waals surface area contributed by atoms with Crippen LogP contribution in [0, 0.1) is 5.92 Å². The van der Waals surface area contributed by atoms with E-state index in [-0.39, 0.29) is 6.10 Å². The highest BCUT2D eigenvalue weighted by atomic mass is 16.3. The van der Waals surface area contributed by atoms with Gasteiger partial charge in [0.15, 0.2) is 0 Å². The van der Waals surface area contributed by atoms with E-state index in [0.717, 1.165) is 38.2 Å². The maximum atomic E-state index is 9.88. The molecule has 0 bridgehead atoms. The third-order valence-electron chi connectivity index (χ3n) is 3.78. The van der Waals surface area contributed by atoms with E-state index in [0.29, 0.717) is 5.92 Å². The summed E-state index contributed by atoms with van der Waals surface area (Å²) in [5.74, 6) is 0.434. The van der Waals surface area contributed by atoms with E-state index in [4.69, 9.17) is 0 Å². The Hall–Kier alpha value is -0.870. The molecule has 1 fully saturated rings. The summed E-state index contributed by atoms with van der Waals surface area (Å²) in [6.07, 6.45) is 1.88. The van der Waals surface area contributed by atoms with E-state index in [1.54, 1.807) is 0 Å². The Morgan fingerprint density at radius 2 is 2.29 bits per heavy atom. The van der Waals surface area contributed by atoms with Crippen molar-refractivity contribution in [1.82, 2.24) is 14.7 Å². The molecule has 2 rings (SSSR count). The quantitative estimate of drug-likeness (QED) is 0.858. The predicted octanol–water partition coefficient (Wildman–Crippen LogP) is 1.19. The average molecular weight is 237 g/mol. The second-order valence-corrected chi connectivity index (χ2v) is 5.17. The number of hydrogen-bond donors (Lipinski definition) is 1. The van der Waals surface area contributed by atoms with E-state index >= 15 is 0 Å². The fourth-order valence-electron chi connectivity index (χ4n) is 2.38. The van der Waals surface area contributed by atoms with Crippen molar-refractivity contribution in [2.45, 2.75) is 39.3 Å². The Morgan fingerprint density at radius 1 is 1.53 bits per heavy atom. The van der Waals surface area contributed by atoms with Crippen molar-refractivity contribution in [2.75, 3.05) is 13.1 Å². The van der Waals surface area contributed by atoms with Crippen LogP contribution in [-0.2, 0) is 20.0 Å². The van der Waals surface area contributed by atoms with Gasteiger partial charge in [-0.3, -0.25) is 9.58 Å². The van der Waals surface area contributed by atoms with E-state index in [2.05, 4.69) is 29.9 Å². The third-order valence-corrected chi connectivity index (χ3v) is 3.78. The van der Waals surface area contributed by atoms with Gasteiger partial charge in [-0.2, -0.15) is 5.10 Å². The van der Waals surface area contributed by atoms with Gasteiger partial charge >= 0.3 is 0 Å². The molecule has 1 aromatic heterocycles. The largest absolute Gasteiger partial charge is 0.392 e. The molecule has 0 saturated carbocycles. The van der Waals surface area contributed by atoms with Gasteiger partial charge in [-0.25, -0.2) is 0 Å². The SMILES string of the molecule is CCc1cc(CN2CCC(C)C(O)C2)n(C)n1. The molecule has 1 N–H and O–H groups in total. The van der Waals surface area contributed by atoms with Crippen molar-refractivity contribution in [3.63, 3.8) is 0 Å². The number of aryl methyl sites for hydroxylation is 2. The lowest BCUT2D eigenvalue weighted by atomic mass is 9.96. The summed E-state index contributed by atoms with van der Waals surface area (Å²) in [5.41, 5.74) is 2.39. The Labute approximate surface area is 103 Å². The van der Waals surface area contributed by atoms with E-state index < -0.39 is 0 Å². The maximum Gasteiger partial charge on any atom is 0.0693 e. The highest BCUT2D eigenvalue weighted by Crippen LogP contribution is 2.19. The molecule has 96 valence electrons. The molecule has 1 saturated heterocycles. The second-order valence-electron chi connectivity index (χ2n) is 5.17. The molecule has 1 aromatic rings. The van der Waals surface area contributed by atoms with Gasteiger partial charge < -0.3 is 5.11 Å². The zero-order valence-electron chi connectivity index (χ0n) is 11.1. The molecule has 2 heterocycles. The molecule has 2 atom stereocenters. The van der Waals surface area contributed by atoms with Crippen LogP contribution in [0.3, 0.4) is 0 Å². The van der Waals surface area contributed by atoms with E-state index in [1.807, 2.05) is 11.7 Å². The highest BCUT2D eigenvalue weighted by Gasteiger charge is 2.24. The van der Waals surface area contributed by atoms with Crippen LogP contribution in [0.15, 0.2) is 6.07 Å². The topological polar surface area (TPSA) is 41.3 Å². The molecule has 0 radical (unpaired) electrons. The first-order valence-electron chi connectivity index (χ1n) is 6.52. The van der Waals surface area contributed by atoms with Gasteiger partial charge in [0.1, 0.15) is 0 Å². The van der Waals surface area contributed by atoms with Gasteiger partial charge in [-0.05, 0) is 31.4 Å². The first kappa shape index (κ1) is 12.6. The van der Waals surface area contributed by atoms with Crippen molar-refractivity contribution in [2.24, 2.45) is 13.0 Å². The smallest absolute Gasteiger partial charge is 0.0693 e. The first-order valence-corrected chi connectivity index (χ1v) is 6.52. The summed E-state index contributed by atoms with van der Waals surface area (Å²) >= 11 is 0. The molecule has 0 aliphatic carbocycles. The van der Waals surface area contributed by atoms with E-state index in [1.165, 1.54) is 5.69 Å². The normalized spacial score (nSPS) is 26.4. The van der Waals surface area contributed by atoms with Crippen molar-refractivity contribution in [1.29, 1.82) is 0 Å². The summed E-state index contributed by atoms with van der Waals surface area (Å²) in [6, 6.07) is 2.17. The van der Waals surface area contributed by atoms with Gasteiger partial charge in [0.2, 0.25) is 0 Å². The van der Waals surface area contributed by atoms with Gasteiger partial charge in [0.25, 0.3) is 0 Å². The van der Waals surface area contributed by atoms with Crippen molar-refractivity contribution in [3.8, 4) is 0 Å². The van der Waals surface area contributed by atoms with Gasteiger partial charge in [-0.1, -0.05) is 13.8 Å². The number of nitrogens with zero attached hydrogens (tertiary/aromatic N) is 3. The van der Waals surface area contributed by atoms with Crippen molar-refractivity contribution < 1.29 is 5.11 Å². The summed E-state index contributed by atoms with van der Waals surface area (Å²) in [6.45, 7) is 7.01.